The van der Waals surface area contributed by atoms with Gasteiger partial charge in [0, 0.05) is 19.7 Å². The summed E-state index contributed by atoms with van der Waals surface area (Å²) in [5, 5.41) is 16.5. The van der Waals surface area contributed by atoms with Crippen LogP contribution in [-0.2, 0) is 14.8 Å². The third kappa shape index (κ3) is 4.73. The van der Waals surface area contributed by atoms with Gasteiger partial charge in [-0.1, -0.05) is 11.3 Å². The molecule has 24 heavy (non-hydrogen) atoms. The topological polar surface area (TPSA) is 122 Å². The highest BCUT2D eigenvalue weighted by Crippen LogP contribution is 2.28. The van der Waals surface area contributed by atoms with Crippen LogP contribution < -0.4 is 4.74 Å². The molecule has 1 heterocycles. The highest BCUT2D eigenvalue weighted by molar-refractivity contribution is 7.92. The van der Waals surface area contributed by atoms with Crippen LogP contribution in [0.3, 0.4) is 0 Å². The monoisotopic (exact) mass is 370 g/mol. The minimum Gasteiger partial charge on any atom is -0.482 e. The van der Waals surface area contributed by atoms with Gasteiger partial charge in [-0.25, -0.2) is 4.79 Å². The highest BCUT2D eigenvalue weighted by Gasteiger charge is 2.19. The summed E-state index contributed by atoms with van der Waals surface area (Å²) in [5.41, 5.74) is 0.633. The van der Waals surface area contributed by atoms with Gasteiger partial charge in [-0.05, 0) is 24.3 Å². The molecular formula is C13H14N4O5S2. The lowest BCUT2D eigenvalue weighted by Crippen LogP contribution is -2.10. The molecule has 0 amide bonds. The van der Waals surface area contributed by atoms with Crippen molar-refractivity contribution < 1.29 is 23.1 Å². The minimum absolute atomic E-state index is 0.207. The van der Waals surface area contributed by atoms with Gasteiger partial charge in [0.1, 0.15) is 17.1 Å². The van der Waals surface area contributed by atoms with Crippen LogP contribution in [0.15, 0.2) is 33.0 Å². The molecule has 0 saturated heterocycles. The van der Waals surface area contributed by atoms with Gasteiger partial charge in [-0.3, -0.25) is 0 Å². The first-order valence-corrected chi connectivity index (χ1v) is 8.79. The second kappa shape index (κ2) is 7.36. The number of benzene rings is 1. The Morgan fingerprint density at radius 3 is 2.58 bits per heavy atom. The standard InChI is InChI=1S/C13H14N4O5S2/c1-17(2)8-14-24(20,21)13-16-15-12(23-13)9-3-5-10(6-4-9)22-7-11(18)19/h3-6,8H,7H2,1-2H3,(H,18,19)/b14-8+. The lowest BCUT2D eigenvalue weighted by atomic mass is 10.2. The highest BCUT2D eigenvalue weighted by atomic mass is 32.2. The first-order valence-electron chi connectivity index (χ1n) is 6.53. The number of sulfonamides is 1. The van der Waals surface area contributed by atoms with Gasteiger partial charge in [-0.15, -0.1) is 14.6 Å². The number of hydrogen-bond donors (Lipinski definition) is 1. The van der Waals surface area contributed by atoms with E-state index >= 15 is 0 Å². The van der Waals surface area contributed by atoms with E-state index in [0.29, 0.717) is 16.3 Å². The van der Waals surface area contributed by atoms with Gasteiger partial charge >= 0.3 is 16.0 Å². The van der Waals surface area contributed by atoms with Crippen molar-refractivity contribution in [3.63, 3.8) is 0 Å². The molecule has 1 aromatic carbocycles. The first kappa shape index (κ1) is 17.8. The van der Waals surface area contributed by atoms with Gasteiger partial charge in [0.15, 0.2) is 6.61 Å². The number of carboxylic acid groups (broad SMARTS) is 1. The molecule has 0 aliphatic rings. The average Bonchev–Trinajstić information content (AvgIpc) is 3.02. The number of nitrogens with zero attached hydrogens (tertiary/aromatic N) is 4. The zero-order chi connectivity index (χ0) is 17.7. The number of aromatic nitrogens is 2. The zero-order valence-electron chi connectivity index (χ0n) is 12.8. The van der Waals surface area contributed by atoms with E-state index in [0.717, 1.165) is 11.3 Å². The average molecular weight is 370 g/mol. The summed E-state index contributed by atoms with van der Waals surface area (Å²) in [6.45, 7) is -0.440. The van der Waals surface area contributed by atoms with Crippen molar-refractivity contribution in [3.05, 3.63) is 24.3 Å². The second-order valence-corrected chi connectivity index (χ2v) is 7.52. The molecule has 0 aliphatic heterocycles. The molecule has 1 aromatic heterocycles. The van der Waals surface area contributed by atoms with Gasteiger partial charge in [-0.2, -0.15) is 8.42 Å². The SMILES string of the molecule is CN(C)/C=N/S(=O)(=O)c1nnc(-c2ccc(OCC(=O)O)cc2)s1. The molecule has 0 saturated carbocycles. The first-order chi connectivity index (χ1) is 11.3. The smallest absolute Gasteiger partial charge is 0.341 e. The molecule has 0 bridgehead atoms. The molecule has 0 spiro atoms. The van der Waals surface area contributed by atoms with Crippen LogP contribution in [0.1, 0.15) is 0 Å². The number of rotatable bonds is 7. The van der Waals surface area contributed by atoms with Crippen molar-refractivity contribution in [1.29, 1.82) is 0 Å². The van der Waals surface area contributed by atoms with Crippen molar-refractivity contribution in [2.45, 2.75) is 4.34 Å². The number of carboxylic acids is 1. The molecule has 0 unspecified atom stereocenters. The van der Waals surface area contributed by atoms with E-state index in [2.05, 4.69) is 14.6 Å². The van der Waals surface area contributed by atoms with Crippen molar-refractivity contribution in [2.75, 3.05) is 20.7 Å². The van der Waals surface area contributed by atoms with Crippen LogP contribution in [0.2, 0.25) is 0 Å². The van der Waals surface area contributed by atoms with Crippen molar-refractivity contribution in [2.24, 2.45) is 4.40 Å². The van der Waals surface area contributed by atoms with Gasteiger partial charge in [0.2, 0.25) is 0 Å². The number of aliphatic carboxylic acids is 1. The Morgan fingerprint density at radius 2 is 2.00 bits per heavy atom. The Balaban J connectivity index is 2.17. The summed E-state index contributed by atoms with van der Waals surface area (Å²) in [7, 11) is -0.583. The van der Waals surface area contributed by atoms with E-state index in [1.807, 2.05) is 0 Å². The van der Waals surface area contributed by atoms with Crippen LogP contribution in [0.25, 0.3) is 10.6 Å². The van der Waals surface area contributed by atoms with Crippen molar-refractivity contribution >= 4 is 33.7 Å². The van der Waals surface area contributed by atoms with E-state index in [1.54, 1.807) is 38.4 Å². The molecule has 9 nitrogen and oxygen atoms in total. The fourth-order valence-corrected chi connectivity index (χ4v) is 3.39. The fourth-order valence-electron chi connectivity index (χ4n) is 1.47. The lowest BCUT2D eigenvalue weighted by molar-refractivity contribution is -0.139. The third-order valence-electron chi connectivity index (χ3n) is 2.51. The summed E-state index contributed by atoms with van der Waals surface area (Å²) in [6.07, 6.45) is 1.17. The molecule has 11 heteroatoms. The molecule has 0 atom stereocenters. The predicted octanol–water partition coefficient (Wildman–Crippen LogP) is 0.947. The van der Waals surface area contributed by atoms with Crippen molar-refractivity contribution in [1.82, 2.24) is 15.1 Å². The quantitative estimate of drug-likeness (QED) is 0.564. The maximum Gasteiger partial charge on any atom is 0.341 e. The second-order valence-electron chi connectivity index (χ2n) is 4.74. The molecule has 0 fully saturated rings. The predicted molar refractivity (Wildman–Crippen MR) is 87.8 cm³/mol. The molecule has 1 N–H and O–H groups in total. The maximum absolute atomic E-state index is 12.0. The van der Waals surface area contributed by atoms with Crippen LogP contribution in [0.4, 0.5) is 0 Å². The molecule has 128 valence electrons. The third-order valence-corrected chi connectivity index (χ3v) is 5.05. The van der Waals surface area contributed by atoms with Crippen LogP contribution in [0.5, 0.6) is 5.75 Å². The largest absolute Gasteiger partial charge is 0.482 e. The molecular weight excluding hydrogens is 356 g/mol. The van der Waals surface area contributed by atoms with E-state index in [1.165, 1.54) is 11.2 Å². The lowest BCUT2D eigenvalue weighted by Gasteiger charge is -2.03. The van der Waals surface area contributed by atoms with E-state index < -0.39 is 22.6 Å². The Bertz CT molecular complexity index is 844. The normalized spacial score (nSPS) is 11.6. The van der Waals surface area contributed by atoms with E-state index in [9.17, 15) is 13.2 Å². The summed E-state index contributed by atoms with van der Waals surface area (Å²) in [5.74, 6) is -0.689. The van der Waals surface area contributed by atoms with Crippen LogP contribution in [-0.4, -0.2) is 61.6 Å². The number of hydrogen-bond acceptors (Lipinski definition) is 7. The summed E-state index contributed by atoms with van der Waals surface area (Å²) < 4.78 is 32.3. The maximum atomic E-state index is 12.0. The molecule has 2 rings (SSSR count). The fraction of sp³-hybridized carbons (Fsp3) is 0.231. The number of carbonyl (C=O) groups is 1. The van der Waals surface area contributed by atoms with Gasteiger partial charge < -0.3 is 14.7 Å². The van der Waals surface area contributed by atoms with Gasteiger partial charge in [0.05, 0.1) is 0 Å². The van der Waals surface area contributed by atoms with Gasteiger partial charge in [0.25, 0.3) is 4.34 Å². The van der Waals surface area contributed by atoms with Crippen LogP contribution >= 0.6 is 11.3 Å². The molecule has 0 aliphatic carbocycles. The van der Waals surface area contributed by atoms with E-state index in [-0.39, 0.29) is 4.34 Å². The Labute approximate surface area is 142 Å². The van der Waals surface area contributed by atoms with Crippen molar-refractivity contribution in [3.8, 4) is 16.3 Å². The summed E-state index contributed by atoms with van der Waals surface area (Å²) >= 11 is 0.891. The summed E-state index contributed by atoms with van der Waals surface area (Å²) in [4.78, 5) is 11.9. The van der Waals surface area contributed by atoms with E-state index in [4.69, 9.17) is 9.84 Å². The number of ether oxygens (including phenoxy) is 1. The van der Waals surface area contributed by atoms with Crippen LogP contribution in [0, 0.1) is 0 Å². The molecule has 2 aromatic rings. The Morgan fingerprint density at radius 1 is 1.33 bits per heavy atom. The Kier molecular flexibility index (Phi) is 5.46. The molecule has 0 radical (unpaired) electrons. The Hall–Kier alpha value is -2.53. The summed E-state index contributed by atoms with van der Waals surface area (Å²) in [6, 6.07) is 6.41. The minimum atomic E-state index is -3.89. The zero-order valence-corrected chi connectivity index (χ0v) is 14.4.